The number of pyridine rings is 2. The van der Waals surface area contributed by atoms with Gasteiger partial charge in [0.05, 0.1) is 12.1 Å². The van der Waals surface area contributed by atoms with Gasteiger partial charge in [-0.25, -0.2) is 9.78 Å². The standard InChI is InChI=1S/C14H12N2O3.C2H6/c1-4-9-6-7-11-12(15-9)13(17)10(8-16(11)3)14(18)19-5-2;1-2/h1,6-8H,5H2,2-3H3;1-2H3. The van der Waals surface area contributed by atoms with Crippen molar-refractivity contribution in [2.24, 2.45) is 7.05 Å². The molecule has 0 aliphatic heterocycles. The van der Waals surface area contributed by atoms with Crippen LogP contribution in [0.2, 0.25) is 0 Å². The summed E-state index contributed by atoms with van der Waals surface area (Å²) in [7, 11) is 1.72. The van der Waals surface area contributed by atoms with Crippen molar-refractivity contribution in [3.05, 3.63) is 39.8 Å². The Morgan fingerprint density at radius 2 is 2.10 bits per heavy atom. The van der Waals surface area contributed by atoms with E-state index < -0.39 is 11.4 Å². The molecule has 0 spiro atoms. The number of terminal acetylenes is 1. The van der Waals surface area contributed by atoms with Gasteiger partial charge in [0.2, 0.25) is 5.43 Å². The Morgan fingerprint density at radius 3 is 2.67 bits per heavy atom. The molecule has 0 amide bonds. The SMILES string of the molecule is C#Cc1ccc2c(n1)c(=O)c(C(=O)OCC)cn2C.CC. The number of carbonyl (C=O) groups excluding carboxylic acids is 1. The molecule has 2 heterocycles. The number of aryl methyl sites for hydroxylation is 1. The average Bonchev–Trinajstić information content (AvgIpc) is 2.52. The second-order valence-corrected chi connectivity index (χ2v) is 3.91. The van der Waals surface area contributed by atoms with Gasteiger partial charge in [-0.1, -0.05) is 19.8 Å². The maximum absolute atomic E-state index is 12.2. The van der Waals surface area contributed by atoms with Crippen molar-refractivity contribution in [1.29, 1.82) is 0 Å². The number of hydrogen-bond acceptors (Lipinski definition) is 4. The molecule has 0 fully saturated rings. The molecule has 0 aliphatic carbocycles. The molecule has 21 heavy (non-hydrogen) atoms. The fourth-order valence-electron chi connectivity index (χ4n) is 1.79. The molecule has 0 radical (unpaired) electrons. The average molecular weight is 286 g/mol. The summed E-state index contributed by atoms with van der Waals surface area (Å²) in [5.74, 6) is 1.71. The van der Waals surface area contributed by atoms with E-state index in [1.165, 1.54) is 6.20 Å². The fourth-order valence-corrected chi connectivity index (χ4v) is 1.79. The van der Waals surface area contributed by atoms with Crippen LogP contribution in [0, 0.1) is 12.3 Å². The normalized spacial score (nSPS) is 9.48. The minimum absolute atomic E-state index is 0.0430. The highest BCUT2D eigenvalue weighted by molar-refractivity contribution is 5.92. The molecule has 0 atom stereocenters. The van der Waals surface area contributed by atoms with Gasteiger partial charge in [-0.3, -0.25) is 4.79 Å². The highest BCUT2D eigenvalue weighted by Gasteiger charge is 2.16. The third kappa shape index (κ3) is 3.29. The summed E-state index contributed by atoms with van der Waals surface area (Å²) in [4.78, 5) is 28.0. The van der Waals surface area contributed by atoms with E-state index in [9.17, 15) is 9.59 Å². The number of hydrogen-bond donors (Lipinski definition) is 0. The molecule has 5 heteroatoms. The Bertz CT molecular complexity index is 754. The van der Waals surface area contributed by atoms with Crippen LogP contribution >= 0.6 is 0 Å². The van der Waals surface area contributed by atoms with Gasteiger partial charge in [0.25, 0.3) is 0 Å². The predicted octanol–water partition coefficient (Wildman–Crippen LogP) is 2.12. The maximum Gasteiger partial charge on any atom is 0.343 e. The monoisotopic (exact) mass is 286 g/mol. The first kappa shape index (κ1) is 16.4. The Kier molecular flexibility index (Phi) is 5.67. The number of carbonyl (C=O) groups is 1. The molecule has 110 valence electrons. The van der Waals surface area contributed by atoms with E-state index >= 15 is 0 Å². The minimum atomic E-state index is -0.655. The number of fused-ring (bicyclic) bond motifs is 1. The van der Waals surface area contributed by atoms with Crippen molar-refractivity contribution in [2.75, 3.05) is 6.61 Å². The Labute approximate surface area is 123 Å². The van der Waals surface area contributed by atoms with Gasteiger partial charge in [-0.05, 0) is 19.1 Å². The Morgan fingerprint density at radius 1 is 1.43 bits per heavy atom. The zero-order valence-corrected chi connectivity index (χ0v) is 12.6. The molecule has 2 aromatic heterocycles. The maximum atomic E-state index is 12.2. The third-order valence-corrected chi connectivity index (χ3v) is 2.68. The van der Waals surface area contributed by atoms with E-state index in [0.717, 1.165) is 0 Å². The van der Waals surface area contributed by atoms with Crippen LogP contribution in [0.4, 0.5) is 0 Å². The molecule has 0 aliphatic rings. The van der Waals surface area contributed by atoms with Crippen LogP contribution in [-0.2, 0) is 11.8 Å². The molecule has 2 aromatic rings. The van der Waals surface area contributed by atoms with Gasteiger partial charge in [-0.15, -0.1) is 6.42 Å². The number of aromatic nitrogens is 2. The number of esters is 1. The molecule has 5 nitrogen and oxygen atoms in total. The lowest BCUT2D eigenvalue weighted by atomic mass is 10.2. The smallest absolute Gasteiger partial charge is 0.343 e. The lowest BCUT2D eigenvalue weighted by molar-refractivity contribution is 0.0524. The van der Waals surface area contributed by atoms with Gasteiger partial charge >= 0.3 is 5.97 Å². The van der Waals surface area contributed by atoms with E-state index in [4.69, 9.17) is 11.2 Å². The summed E-state index contributed by atoms with van der Waals surface area (Å²) in [5.41, 5.74) is 0.619. The largest absolute Gasteiger partial charge is 0.462 e. The van der Waals surface area contributed by atoms with Gasteiger partial charge in [0.1, 0.15) is 16.8 Å². The minimum Gasteiger partial charge on any atom is -0.462 e. The summed E-state index contributed by atoms with van der Waals surface area (Å²) in [6.45, 7) is 5.88. The van der Waals surface area contributed by atoms with Gasteiger partial charge in [-0.2, -0.15) is 0 Å². The van der Waals surface area contributed by atoms with Crippen molar-refractivity contribution >= 4 is 17.0 Å². The number of nitrogens with zero attached hydrogens (tertiary/aromatic N) is 2. The fraction of sp³-hybridized carbons (Fsp3) is 0.312. The molecule has 0 saturated carbocycles. The van der Waals surface area contributed by atoms with Gasteiger partial charge in [0.15, 0.2) is 0 Å². The van der Waals surface area contributed by atoms with E-state index in [1.54, 1.807) is 30.7 Å². The topological polar surface area (TPSA) is 61.2 Å². The van der Waals surface area contributed by atoms with Crippen molar-refractivity contribution in [1.82, 2.24) is 9.55 Å². The first-order valence-electron chi connectivity index (χ1n) is 6.72. The molecule has 0 bridgehead atoms. The first-order valence-corrected chi connectivity index (χ1v) is 6.72. The highest BCUT2D eigenvalue weighted by Crippen LogP contribution is 2.10. The van der Waals surface area contributed by atoms with Crippen LogP contribution in [0.1, 0.15) is 36.8 Å². The molecule has 0 aromatic carbocycles. The van der Waals surface area contributed by atoms with Crippen molar-refractivity contribution < 1.29 is 9.53 Å². The van der Waals surface area contributed by atoms with Gasteiger partial charge in [0, 0.05) is 13.2 Å². The summed E-state index contributed by atoms with van der Waals surface area (Å²) >= 11 is 0. The zero-order chi connectivity index (χ0) is 16.0. The summed E-state index contributed by atoms with van der Waals surface area (Å²) in [6.07, 6.45) is 6.71. The van der Waals surface area contributed by atoms with Crippen molar-refractivity contribution in [3.8, 4) is 12.3 Å². The van der Waals surface area contributed by atoms with E-state index in [-0.39, 0.29) is 17.7 Å². The molecule has 0 unspecified atom stereocenters. The first-order chi connectivity index (χ1) is 10.1. The molecular weight excluding hydrogens is 268 g/mol. The summed E-state index contributed by atoms with van der Waals surface area (Å²) in [6, 6.07) is 3.35. The summed E-state index contributed by atoms with van der Waals surface area (Å²) < 4.78 is 6.50. The third-order valence-electron chi connectivity index (χ3n) is 2.68. The molecule has 0 saturated heterocycles. The van der Waals surface area contributed by atoms with Crippen LogP contribution in [0.5, 0.6) is 0 Å². The Balaban J connectivity index is 0.00000106. The molecule has 2 rings (SSSR count). The van der Waals surface area contributed by atoms with Crippen LogP contribution in [0.3, 0.4) is 0 Å². The lowest BCUT2D eigenvalue weighted by Gasteiger charge is -2.08. The Hall–Kier alpha value is -2.61. The second-order valence-electron chi connectivity index (χ2n) is 3.91. The molecular formula is C16H18N2O3. The quantitative estimate of drug-likeness (QED) is 0.626. The summed E-state index contributed by atoms with van der Waals surface area (Å²) in [5, 5.41) is 0. The van der Waals surface area contributed by atoms with E-state index in [0.29, 0.717) is 11.2 Å². The van der Waals surface area contributed by atoms with E-state index in [2.05, 4.69) is 10.9 Å². The van der Waals surface area contributed by atoms with Crippen molar-refractivity contribution in [2.45, 2.75) is 20.8 Å². The zero-order valence-electron chi connectivity index (χ0n) is 12.6. The lowest BCUT2D eigenvalue weighted by Crippen LogP contribution is -2.21. The van der Waals surface area contributed by atoms with E-state index in [1.807, 2.05) is 13.8 Å². The van der Waals surface area contributed by atoms with Crippen molar-refractivity contribution in [3.63, 3.8) is 0 Å². The molecule has 0 N–H and O–H groups in total. The van der Waals surface area contributed by atoms with Crippen LogP contribution in [0.15, 0.2) is 23.1 Å². The van der Waals surface area contributed by atoms with Crippen LogP contribution < -0.4 is 5.43 Å². The predicted molar refractivity (Wildman–Crippen MR) is 82.2 cm³/mol. The highest BCUT2D eigenvalue weighted by atomic mass is 16.5. The van der Waals surface area contributed by atoms with Crippen LogP contribution in [-0.4, -0.2) is 22.1 Å². The second kappa shape index (κ2) is 7.25. The van der Waals surface area contributed by atoms with Crippen LogP contribution in [0.25, 0.3) is 11.0 Å². The number of rotatable bonds is 2. The number of ether oxygens (including phenoxy) is 1. The van der Waals surface area contributed by atoms with Gasteiger partial charge < -0.3 is 9.30 Å².